The van der Waals surface area contributed by atoms with Crippen LogP contribution in [0.4, 0.5) is 0 Å². The number of rotatable bonds is 2. The minimum atomic E-state index is -0.291. The number of nitrogens with zero attached hydrogens (tertiary/aromatic N) is 4. The van der Waals surface area contributed by atoms with Crippen molar-refractivity contribution in [1.82, 2.24) is 18.7 Å². The summed E-state index contributed by atoms with van der Waals surface area (Å²) in [6, 6.07) is 0. The lowest BCUT2D eigenvalue weighted by Crippen LogP contribution is -2.39. The summed E-state index contributed by atoms with van der Waals surface area (Å²) >= 11 is 0. The monoisotopic (exact) mass is 222 g/mol. The third-order valence-corrected chi connectivity index (χ3v) is 2.72. The van der Waals surface area contributed by atoms with Crippen molar-refractivity contribution in [3.8, 4) is 0 Å². The Hall–Kier alpha value is -1.85. The van der Waals surface area contributed by atoms with Gasteiger partial charge in [-0.25, -0.2) is 9.78 Å². The SMILES string of the molecule is CCn1c(=O)c2c(ncn2C)n(CC)c1=O. The third kappa shape index (κ3) is 1.22. The highest BCUT2D eigenvalue weighted by atomic mass is 16.2. The van der Waals surface area contributed by atoms with E-state index in [1.54, 1.807) is 24.9 Å². The Morgan fingerprint density at radius 2 is 1.81 bits per heavy atom. The molecule has 0 aliphatic carbocycles. The second-order valence-corrected chi connectivity index (χ2v) is 3.60. The lowest BCUT2D eigenvalue weighted by Gasteiger charge is -2.07. The van der Waals surface area contributed by atoms with Crippen molar-refractivity contribution in [3.05, 3.63) is 27.2 Å². The molecule has 0 unspecified atom stereocenters. The molecule has 0 amide bonds. The summed E-state index contributed by atoms with van der Waals surface area (Å²) in [6.07, 6.45) is 1.55. The summed E-state index contributed by atoms with van der Waals surface area (Å²) in [4.78, 5) is 28.1. The zero-order valence-corrected chi connectivity index (χ0v) is 9.60. The molecule has 0 radical (unpaired) electrons. The Labute approximate surface area is 91.8 Å². The number of hydrogen-bond donors (Lipinski definition) is 0. The second-order valence-electron chi connectivity index (χ2n) is 3.60. The van der Waals surface area contributed by atoms with Crippen LogP contribution < -0.4 is 11.2 Å². The maximum Gasteiger partial charge on any atom is 0.332 e. The van der Waals surface area contributed by atoms with Gasteiger partial charge in [0, 0.05) is 20.1 Å². The van der Waals surface area contributed by atoms with Gasteiger partial charge < -0.3 is 4.57 Å². The van der Waals surface area contributed by atoms with Crippen LogP contribution in [-0.2, 0) is 20.1 Å². The molecular weight excluding hydrogens is 208 g/mol. The number of aromatic nitrogens is 4. The first-order valence-electron chi connectivity index (χ1n) is 5.26. The average molecular weight is 222 g/mol. The molecule has 2 aromatic heterocycles. The van der Waals surface area contributed by atoms with Crippen LogP contribution in [0.2, 0.25) is 0 Å². The van der Waals surface area contributed by atoms with E-state index in [-0.39, 0.29) is 11.2 Å². The van der Waals surface area contributed by atoms with Gasteiger partial charge in [0.05, 0.1) is 6.33 Å². The van der Waals surface area contributed by atoms with E-state index in [2.05, 4.69) is 4.98 Å². The third-order valence-electron chi connectivity index (χ3n) is 2.72. The van der Waals surface area contributed by atoms with Crippen LogP contribution in [0.25, 0.3) is 11.2 Å². The molecule has 6 nitrogen and oxygen atoms in total. The smallest absolute Gasteiger partial charge is 0.328 e. The Kier molecular flexibility index (Phi) is 2.41. The molecule has 2 heterocycles. The lowest BCUT2D eigenvalue weighted by molar-refractivity contribution is 0.604. The fraction of sp³-hybridized carbons (Fsp3) is 0.500. The number of aryl methyl sites for hydroxylation is 2. The second kappa shape index (κ2) is 3.62. The van der Waals surface area contributed by atoms with Gasteiger partial charge in [-0.3, -0.25) is 13.9 Å². The molecule has 6 heteroatoms. The summed E-state index contributed by atoms with van der Waals surface area (Å²) in [7, 11) is 1.75. The fourth-order valence-corrected chi connectivity index (χ4v) is 1.88. The summed E-state index contributed by atoms with van der Waals surface area (Å²) in [5.74, 6) is 0. The quantitative estimate of drug-likeness (QED) is 0.715. The van der Waals surface area contributed by atoms with Crippen LogP contribution in [0.15, 0.2) is 15.9 Å². The maximum absolute atomic E-state index is 12.0. The van der Waals surface area contributed by atoms with E-state index in [4.69, 9.17) is 0 Å². The predicted molar refractivity (Wildman–Crippen MR) is 60.6 cm³/mol. The summed E-state index contributed by atoms with van der Waals surface area (Å²) < 4.78 is 4.39. The van der Waals surface area contributed by atoms with Gasteiger partial charge >= 0.3 is 5.69 Å². The molecular formula is C10H14N4O2. The molecule has 0 aliphatic heterocycles. The first kappa shape index (κ1) is 10.7. The van der Waals surface area contributed by atoms with Crippen LogP contribution in [0, 0.1) is 0 Å². The lowest BCUT2D eigenvalue weighted by atomic mass is 10.4. The summed E-state index contributed by atoms with van der Waals surface area (Å²) in [5.41, 5.74) is 0.376. The van der Waals surface area contributed by atoms with Gasteiger partial charge in [0.15, 0.2) is 11.2 Å². The van der Waals surface area contributed by atoms with Crippen LogP contribution in [0.3, 0.4) is 0 Å². The van der Waals surface area contributed by atoms with E-state index in [1.165, 1.54) is 9.13 Å². The van der Waals surface area contributed by atoms with Gasteiger partial charge in [0.1, 0.15) is 0 Å². The van der Waals surface area contributed by atoms with Gasteiger partial charge in [0.2, 0.25) is 0 Å². The van der Waals surface area contributed by atoms with Gasteiger partial charge in [0.25, 0.3) is 5.56 Å². The van der Waals surface area contributed by atoms with E-state index >= 15 is 0 Å². The molecule has 0 aliphatic rings. The van der Waals surface area contributed by atoms with Crippen molar-refractivity contribution >= 4 is 11.2 Å². The first-order chi connectivity index (χ1) is 7.61. The van der Waals surface area contributed by atoms with Gasteiger partial charge in [-0.2, -0.15) is 0 Å². The zero-order valence-electron chi connectivity index (χ0n) is 9.60. The molecule has 0 saturated heterocycles. The number of fused-ring (bicyclic) bond motifs is 1. The molecule has 0 spiro atoms. The van der Waals surface area contributed by atoms with E-state index in [0.29, 0.717) is 24.3 Å². The Balaban J connectivity index is 3.09. The van der Waals surface area contributed by atoms with Gasteiger partial charge in [-0.15, -0.1) is 0 Å². The van der Waals surface area contributed by atoms with E-state index in [9.17, 15) is 9.59 Å². The van der Waals surface area contributed by atoms with E-state index in [0.717, 1.165) is 0 Å². The van der Waals surface area contributed by atoms with Crippen LogP contribution in [0.5, 0.6) is 0 Å². The van der Waals surface area contributed by atoms with Crippen molar-refractivity contribution in [1.29, 1.82) is 0 Å². The summed E-state index contributed by atoms with van der Waals surface area (Å²) in [6.45, 7) is 4.52. The molecule has 0 atom stereocenters. The van der Waals surface area contributed by atoms with Crippen molar-refractivity contribution in [2.24, 2.45) is 7.05 Å². The zero-order chi connectivity index (χ0) is 11.9. The topological polar surface area (TPSA) is 61.8 Å². The largest absolute Gasteiger partial charge is 0.332 e. The molecule has 2 aromatic rings. The minimum Gasteiger partial charge on any atom is -0.328 e. The van der Waals surface area contributed by atoms with Crippen molar-refractivity contribution in [3.63, 3.8) is 0 Å². The molecule has 0 aromatic carbocycles. The van der Waals surface area contributed by atoms with E-state index in [1.807, 2.05) is 6.92 Å². The van der Waals surface area contributed by atoms with Gasteiger partial charge in [-0.05, 0) is 13.8 Å². The Morgan fingerprint density at radius 1 is 1.19 bits per heavy atom. The fourth-order valence-electron chi connectivity index (χ4n) is 1.88. The standard InChI is InChI=1S/C10H14N4O2/c1-4-13-8-7(12(3)6-11-8)9(15)14(5-2)10(13)16/h6H,4-5H2,1-3H3. The highest BCUT2D eigenvalue weighted by Crippen LogP contribution is 2.04. The highest BCUT2D eigenvalue weighted by Gasteiger charge is 2.14. The van der Waals surface area contributed by atoms with Crippen LogP contribution in [-0.4, -0.2) is 18.7 Å². The highest BCUT2D eigenvalue weighted by molar-refractivity contribution is 5.69. The molecule has 2 rings (SSSR count). The minimum absolute atomic E-state index is 0.271. The molecule has 0 bridgehead atoms. The van der Waals surface area contributed by atoms with Gasteiger partial charge in [-0.1, -0.05) is 0 Å². The predicted octanol–water partition coefficient (Wildman–Crippen LogP) is -0.0635. The Bertz CT molecular complexity index is 647. The average Bonchev–Trinajstić information content (AvgIpc) is 2.62. The van der Waals surface area contributed by atoms with Crippen molar-refractivity contribution in [2.45, 2.75) is 26.9 Å². The molecule has 0 fully saturated rings. The van der Waals surface area contributed by atoms with E-state index < -0.39 is 0 Å². The Morgan fingerprint density at radius 3 is 2.38 bits per heavy atom. The maximum atomic E-state index is 12.0. The molecule has 86 valence electrons. The van der Waals surface area contributed by atoms with Crippen molar-refractivity contribution in [2.75, 3.05) is 0 Å². The number of imidazole rings is 1. The normalized spacial score (nSPS) is 11.2. The molecule has 16 heavy (non-hydrogen) atoms. The van der Waals surface area contributed by atoms with Crippen LogP contribution in [0.1, 0.15) is 13.8 Å². The van der Waals surface area contributed by atoms with Crippen molar-refractivity contribution < 1.29 is 0 Å². The summed E-state index contributed by atoms with van der Waals surface area (Å²) in [5, 5.41) is 0. The molecule has 0 N–H and O–H groups in total. The molecule has 0 saturated carbocycles. The number of hydrogen-bond acceptors (Lipinski definition) is 3. The van der Waals surface area contributed by atoms with Crippen LogP contribution >= 0.6 is 0 Å². The first-order valence-corrected chi connectivity index (χ1v) is 5.26.